The highest BCUT2D eigenvalue weighted by Gasteiger charge is 2.22. The first-order valence-electron chi connectivity index (χ1n) is 19.4. The monoisotopic (exact) mass is 783 g/mol. The van der Waals surface area contributed by atoms with Crippen LogP contribution in [0.15, 0.2) is 125 Å². The van der Waals surface area contributed by atoms with Crippen LogP contribution >= 0.6 is 23.2 Å². The molecule has 7 rings (SSSR count). The van der Waals surface area contributed by atoms with Gasteiger partial charge in [-0.25, -0.2) is 4.98 Å². The van der Waals surface area contributed by atoms with Gasteiger partial charge >= 0.3 is 0 Å². The number of fused-ring (bicyclic) bond motifs is 2. The van der Waals surface area contributed by atoms with Gasteiger partial charge in [-0.15, -0.1) is 4.57 Å². The molecule has 0 saturated heterocycles. The van der Waals surface area contributed by atoms with Gasteiger partial charge in [-0.1, -0.05) is 91.4 Å². The number of aromatic nitrogens is 2. The minimum Gasteiger partial charge on any atom is -0.397 e. The first-order chi connectivity index (χ1) is 27.2. The number of allylic oxidation sites excluding steroid dienone is 3. The van der Waals surface area contributed by atoms with Gasteiger partial charge in [0.1, 0.15) is 11.0 Å². The van der Waals surface area contributed by atoms with Gasteiger partial charge in [0.15, 0.2) is 0 Å². The second-order valence-corrected chi connectivity index (χ2v) is 15.2. The van der Waals surface area contributed by atoms with Gasteiger partial charge in [0.2, 0.25) is 16.7 Å². The molecule has 1 aromatic heterocycles. The molecule has 0 bridgehead atoms. The van der Waals surface area contributed by atoms with E-state index in [4.69, 9.17) is 44.6 Å². The molecule has 0 aliphatic heterocycles. The van der Waals surface area contributed by atoms with Crippen LogP contribution in [0.1, 0.15) is 57.4 Å². The van der Waals surface area contributed by atoms with Crippen LogP contribution in [0, 0.1) is 6.92 Å². The van der Waals surface area contributed by atoms with Crippen molar-refractivity contribution in [1.82, 2.24) is 10.3 Å². The number of nitrogens with zero attached hydrogens (tertiary/aromatic N) is 3. The quantitative estimate of drug-likeness (QED) is 0.0306. The Bertz CT molecular complexity index is 2440. The minimum atomic E-state index is 0.493. The van der Waals surface area contributed by atoms with E-state index in [0.29, 0.717) is 21.4 Å². The smallest absolute Gasteiger partial charge is 0.239 e. The van der Waals surface area contributed by atoms with Crippen LogP contribution in [0.3, 0.4) is 0 Å². The van der Waals surface area contributed by atoms with E-state index in [2.05, 4.69) is 70.8 Å². The number of unbranched alkanes of at least 4 members (excludes halogenated alkanes) is 5. The van der Waals surface area contributed by atoms with Crippen LogP contribution in [0.25, 0.3) is 27.8 Å². The van der Waals surface area contributed by atoms with Gasteiger partial charge in [0.25, 0.3) is 0 Å². The lowest BCUT2D eigenvalue weighted by molar-refractivity contribution is -0.538. The standard InChI is InChI=1S/C46H48Cl2N8/c1-30-23-33(54-41-25-35(47)37(49)27-42(41)53-32-15-9-7-10-16-32)19-20-39(30)51-21-13-5-3-4-6-14-22-52-40-29-46-43(24-31(40)2)55-44-26-36(48)38(50)28-45(44)56(46)34-17-11-8-12-18-34/h7-12,15-18,20,23-29,51,53H,3-6,13-14,19,21-22,49H2,1-2H3,(H2,50,52)/p+1. The second-order valence-electron chi connectivity index (χ2n) is 14.4. The number of anilines is 5. The first-order valence-corrected chi connectivity index (χ1v) is 20.1. The van der Waals surface area contributed by atoms with Crippen molar-refractivity contribution < 1.29 is 4.57 Å². The van der Waals surface area contributed by atoms with Crippen LogP contribution in [-0.4, -0.2) is 23.8 Å². The summed E-state index contributed by atoms with van der Waals surface area (Å²) in [6, 6.07) is 32.1. The zero-order chi connectivity index (χ0) is 39.0. The van der Waals surface area contributed by atoms with Crippen LogP contribution in [0.2, 0.25) is 10.0 Å². The Morgan fingerprint density at radius 3 is 2.05 bits per heavy atom. The number of halogens is 2. The molecule has 6 aromatic rings. The molecule has 8 nitrogen and oxygen atoms in total. The summed E-state index contributed by atoms with van der Waals surface area (Å²) in [6.45, 7) is 6.14. The fraction of sp³-hybridized carbons (Fsp3) is 0.239. The molecule has 5 aromatic carbocycles. The van der Waals surface area contributed by atoms with Crippen LogP contribution in [0.4, 0.5) is 34.1 Å². The summed E-state index contributed by atoms with van der Waals surface area (Å²) in [5.74, 6) is 0. The Balaban J connectivity index is 0.863. The molecule has 0 atom stereocenters. The highest BCUT2D eigenvalue weighted by molar-refractivity contribution is 6.34. The molecule has 10 heteroatoms. The Hall–Kier alpha value is -5.57. The second kappa shape index (κ2) is 17.9. The van der Waals surface area contributed by atoms with Crippen LogP contribution in [0.5, 0.6) is 0 Å². The lowest BCUT2D eigenvalue weighted by Gasteiger charge is -2.17. The van der Waals surface area contributed by atoms with Crippen molar-refractivity contribution in [3.8, 4) is 5.69 Å². The summed E-state index contributed by atoms with van der Waals surface area (Å²) in [5, 5.41) is 11.8. The topological polar surface area (TPSA) is 117 Å². The van der Waals surface area contributed by atoms with E-state index >= 15 is 0 Å². The van der Waals surface area contributed by atoms with Crippen molar-refractivity contribution in [2.24, 2.45) is 4.99 Å². The van der Waals surface area contributed by atoms with Crippen molar-refractivity contribution >= 4 is 85.1 Å². The zero-order valence-electron chi connectivity index (χ0n) is 32.0. The Morgan fingerprint density at radius 2 is 1.32 bits per heavy atom. The Morgan fingerprint density at radius 1 is 0.696 bits per heavy atom. The molecule has 1 aliphatic carbocycles. The van der Waals surface area contributed by atoms with Gasteiger partial charge in [-0.05, 0) is 80.3 Å². The van der Waals surface area contributed by atoms with Gasteiger partial charge in [-0.2, -0.15) is 0 Å². The first kappa shape index (κ1) is 38.7. The summed E-state index contributed by atoms with van der Waals surface area (Å²) in [5.41, 5.74) is 26.3. The van der Waals surface area contributed by atoms with E-state index in [-0.39, 0.29) is 0 Å². The molecule has 7 N–H and O–H groups in total. The number of para-hydroxylation sites is 2. The third-order valence-electron chi connectivity index (χ3n) is 10.1. The molecule has 0 radical (unpaired) electrons. The molecule has 0 amide bonds. The number of nitrogen functional groups attached to an aromatic ring is 2. The van der Waals surface area contributed by atoms with E-state index in [0.717, 1.165) is 94.1 Å². The van der Waals surface area contributed by atoms with Crippen molar-refractivity contribution in [2.75, 3.05) is 35.2 Å². The molecule has 56 heavy (non-hydrogen) atoms. The van der Waals surface area contributed by atoms with Crippen molar-refractivity contribution in [1.29, 1.82) is 0 Å². The number of aryl methyl sites for hydroxylation is 1. The Kier molecular flexibility index (Phi) is 12.4. The summed E-state index contributed by atoms with van der Waals surface area (Å²) >= 11 is 12.8. The van der Waals surface area contributed by atoms with Crippen LogP contribution in [-0.2, 0) is 0 Å². The highest BCUT2D eigenvalue weighted by atomic mass is 35.5. The number of rotatable bonds is 15. The summed E-state index contributed by atoms with van der Waals surface area (Å²) in [6.07, 6.45) is 12.2. The van der Waals surface area contributed by atoms with E-state index in [1.807, 2.05) is 72.8 Å². The zero-order valence-corrected chi connectivity index (χ0v) is 33.5. The predicted molar refractivity (Wildman–Crippen MR) is 238 cm³/mol. The number of aliphatic imine (C=N–C) groups is 1. The maximum atomic E-state index is 6.40. The van der Waals surface area contributed by atoms with Gasteiger partial charge in [0, 0.05) is 66.6 Å². The van der Waals surface area contributed by atoms with Crippen molar-refractivity contribution in [3.63, 3.8) is 0 Å². The SMILES string of the molecule is CC1=CC(=Nc2cc(Cl)c(N)cc2Nc2ccccc2)CC=C1NCCCCCCCCNc1cc2c(cc1C)nc1cc(Cl)c(N)cc1[n+]2-c1ccccc1. The normalized spacial score (nSPS) is 13.5. The van der Waals surface area contributed by atoms with Gasteiger partial charge < -0.3 is 27.4 Å². The fourth-order valence-electron chi connectivity index (χ4n) is 7.14. The minimum absolute atomic E-state index is 0.493. The maximum Gasteiger partial charge on any atom is 0.239 e. The lowest BCUT2D eigenvalue weighted by Crippen LogP contribution is -2.33. The van der Waals surface area contributed by atoms with E-state index < -0.39 is 0 Å². The molecule has 286 valence electrons. The molecule has 0 spiro atoms. The summed E-state index contributed by atoms with van der Waals surface area (Å²) < 4.78 is 2.22. The molecule has 0 saturated carbocycles. The fourth-order valence-corrected chi connectivity index (χ4v) is 7.46. The third-order valence-corrected chi connectivity index (χ3v) is 10.8. The number of nitrogens with one attached hydrogen (secondary N) is 3. The largest absolute Gasteiger partial charge is 0.397 e. The van der Waals surface area contributed by atoms with Gasteiger partial charge in [0.05, 0.1) is 32.8 Å². The third kappa shape index (κ3) is 9.27. The van der Waals surface area contributed by atoms with Crippen molar-refractivity contribution in [3.05, 3.63) is 136 Å². The molecular formula is C46H49Cl2N8+. The number of benzene rings is 5. The summed E-state index contributed by atoms with van der Waals surface area (Å²) in [4.78, 5) is 9.94. The van der Waals surface area contributed by atoms with E-state index in [1.165, 1.54) is 37.0 Å². The number of nitrogens with two attached hydrogens (primary N) is 2. The lowest BCUT2D eigenvalue weighted by atomic mass is 10.0. The maximum absolute atomic E-state index is 6.40. The predicted octanol–water partition coefficient (Wildman–Crippen LogP) is 11.5. The van der Waals surface area contributed by atoms with E-state index in [9.17, 15) is 0 Å². The van der Waals surface area contributed by atoms with Crippen molar-refractivity contribution in [2.45, 2.75) is 58.8 Å². The number of hydrogen-bond donors (Lipinski definition) is 5. The molecule has 1 heterocycles. The van der Waals surface area contributed by atoms with Gasteiger partial charge in [-0.3, -0.25) is 4.99 Å². The van der Waals surface area contributed by atoms with E-state index in [1.54, 1.807) is 0 Å². The summed E-state index contributed by atoms with van der Waals surface area (Å²) in [7, 11) is 0. The molecule has 1 aliphatic rings. The highest BCUT2D eigenvalue weighted by Crippen LogP contribution is 2.36. The number of hydrogen-bond acceptors (Lipinski definition) is 7. The average molecular weight is 785 g/mol. The average Bonchev–Trinajstić information content (AvgIpc) is 3.19. The molecule has 0 fully saturated rings. The molecule has 0 unspecified atom stereocenters. The Labute approximate surface area is 339 Å². The molecular weight excluding hydrogens is 735 g/mol. The van der Waals surface area contributed by atoms with Crippen LogP contribution < -0.4 is 32.0 Å².